The van der Waals surface area contributed by atoms with E-state index in [0.29, 0.717) is 19.5 Å². The van der Waals surface area contributed by atoms with Gasteiger partial charge in [-0.3, -0.25) is 4.79 Å². The summed E-state index contributed by atoms with van der Waals surface area (Å²) in [5, 5.41) is 22.3. The molecule has 0 unspecified atom stereocenters. The lowest BCUT2D eigenvalue weighted by atomic mass is 9.97. The minimum atomic E-state index is -1.21. The third kappa shape index (κ3) is 3.52. The summed E-state index contributed by atoms with van der Waals surface area (Å²) in [7, 11) is 0. The van der Waals surface area contributed by atoms with Crippen molar-refractivity contribution in [2.75, 3.05) is 13.1 Å². The van der Waals surface area contributed by atoms with Gasteiger partial charge in [0.25, 0.3) is 0 Å². The number of hydrogen-bond donors (Lipinski definition) is 3. The number of nitrogens with one attached hydrogen (secondary N) is 2. The number of nitriles is 1. The largest absolute Gasteiger partial charge is 0.465 e. The number of likely N-dealkylation sites (tertiary alicyclic amines) is 1. The Morgan fingerprint density at radius 1 is 1.56 bits per heavy atom. The number of nitrogens with zero attached hydrogens (tertiary/aromatic N) is 2. The molecule has 0 saturated carbocycles. The lowest BCUT2D eigenvalue weighted by Gasteiger charge is -2.36. The maximum Gasteiger partial charge on any atom is 0.405 e. The van der Waals surface area contributed by atoms with Crippen molar-refractivity contribution in [2.24, 2.45) is 5.92 Å². The molecule has 2 amide bonds. The summed E-state index contributed by atoms with van der Waals surface area (Å²) in [5.74, 6) is -0.400. The Balaban J connectivity index is 2.50. The fourth-order valence-corrected chi connectivity index (χ4v) is 1.78. The maximum absolute atomic E-state index is 11.9. The summed E-state index contributed by atoms with van der Waals surface area (Å²) in [5.41, 5.74) is 0. The van der Waals surface area contributed by atoms with Crippen molar-refractivity contribution >= 4 is 12.0 Å². The van der Waals surface area contributed by atoms with Gasteiger partial charge in [-0.25, -0.2) is 4.79 Å². The molecule has 0 radical (unpaired) electrons. The summed E-state index contributed by atoms with van der Waals surface area (Å²) < 4.78 is 0. The first kappa shape index (κ1) is 14.1. The van der Waals surface area contributed by atoms with Crippen LogP contribution in [0.5, 0.6) is 0 Å². The molecule has 2 atom stereocenters. The van der Waals surface area contributed by atoms with Gasteiger partial charge in [-0.2, -0.15) is 5.26 Å². The molecule has 18 heavy (non-hydrogen) atoms. The van der Waals surface area contributed by atoms with Gasteiger partial charge in [0.05, 0.1) is 19.1 Å². The van der Waals surface area contributed by atoms with Crippen LogP contribution in [-0.4, -0.2) is 47.2 Å². The zero-order valence-electron chi connectivity index (χ0n) is 10.5. The van der Waals surface area contributed by atoms with E-state index in [2.05, 4.69) is 10.6 Å². The first-order valence-electron chi connectivity index (χ1n) is 5.92. The van der Waals surface area contributed by atoms with Gasteiger partial charge in [-0.05, 0) is 5.92 Å². The van der Waals surface area contributed by atoms with Gasteiger partial charge in [0.1, 0.15) is 6.04 Å². The highest BCUT2D eigenvalue weighted by molar-refractivity contribution is 5.85. The van der Waals surface area contributed by atoms with Gasteiger partial charge in [0.2, 0.25) is 5.91 Å². The lowest BCUT2D eigenvalue weighted by molar-refractivity contribution is -0.125. The van der Waals surface area contributed by atoms with Crippen LogP contribution in [0.2, 0.25) is 0 Å². The molecule has 1 aliphatic heterocycles. The molecule has 100 valence electrons. The smallest absolute Gasteiger partial charge is 0.405 e. The van der Waals surface area contributed by atoms with E-state index >= 15 is 0 Å². The van der Waals surface area contributed by atoms with Crippen LogP contribution in [-0.2, 0) is 4.79 Å². The zero-order chi connectivity index (χ0) is 13.7. The average molecular weight is 254 g/mol. The molecule has 1 fully saturated rings. The molecule has 1 rings (SSSR count). The minimum absolute atomic E-state index is 0.0701. The molecule has 0 bridgehead atoms. The average Bonchev–Trinajstić information content (AvgIpc) is 2.28. The van der Waals surface area contributed by atoms with Gasteiger partial charge in [-0.1, -0.05) is 20.3 Å². The third-order valence-corrected chi connectivity index (χ3v) is 3.14. The second kappa shape index (κ2) is 6.10. The molecule has 0 aromatic rings. The van der Waals surface area contributed by atoms with Crippen LogP contribution in [0.3, 0.4) is 0 Å². The van der Waals surface area contributed by atoms with Gasteiger partial charge in [0.15, 0.2) is 6.19 Å². The van der Waals surface area contributed by atoms with E-state index in [0.717, 1.165) is 0 Å². The fourth-order valence-electron chi connectivity index (χ4n) is 1.78. The van der Waals surface area contributed by atoms with Crippen LogP contribution in [0, 0.1) is 17.4 Å². The van der Waals surface area contributed by atoms with E-state index in [4.69, 9.17) is 10.4 Å². The van der Waals surface area contributed by atoms with Gasteiger partial charge < -0.3 is 20.6 Å². The number of amides is 2. The van der Waals surface area contributed by atoms with Crippen LogP contribution in [0.25, 0.3) is 0 Å². The molecular weight excluding hydrogens is 236 g/mol. The topological polar surface area (TPSA) is 105 Å². The van der Waals surface area contributed by atoms with Crippen molar-refractivity contribution < 1.29 is 14.7 Å². The molecule has 1 heterocycles. The van der Waals surface area contributed by atoms with Gasteiger partial charge in [-0.15, -0.1) is 0 Å². The number of rotatable bonds is 5. The Hall–Kier alpha value is -1.97. The molecule has 0 spiro atoms. The summed E-state index contributed by atoms with van der Waals surface area (Å²) in [6, 6.07) is -0.817. The summed E-state index contributed by atoms with van der Waals surface area (Å²) in [4.78, 5) is 24.1. The molecule has 3 N–H and O–H groups in total. The predicted octanol–water partition coefficient (Wildman–Crippen LogP) is -0.0498. The molecule has 1 saturated heterocycles. The first-order valence-corrected chi connectivity index (χ1v) is 5.92. The summed E-state index contributed by atoms with van der Waals surface area (Å²) in [6.45, 7) is 4.70. The van der Waals surface area contributed by atoms with Crippen molar-refractivity contribution in [3.05, 3.63) is 0 Å². The molecule has 0 aliphatic carbocycles. The van der Waals surface area contributed by atoms with Crippen LogP contribution < -0.4 is 10.6 Å². The number of carboxylic acid groups (broad SMARTS) is 1. The highest BCUT2D eigenvalue weighted by Crippen LogP contribution is 2.10. The van der Waals surface area contributed by atoms with E-state index < -0.39 is 12.1 Å². The Labute approximate surface area is 106 Å². The Bertz CT molecular complexity index is 360. The molecule has 1 aliphatic rings. The fraction of sp³-hybridized carbons (Fsp3) is 0.727. The van der Waals surface area contributed by atoms with Crippen LogP contribution in [0.1, 0.15) is 20.3 Å². The Morgan fingerprint density at radius 3 is 2.61 bits per heavy atom. The quantitative estimate of drug-likeness (QED) is 0.596. The molecule has 7 nitrogen and oxygen atoms in total. The molecule has 7 heteroatoms. The third-order valence-electron chi connectivity index (χ3n) is 3.14. The molecule has 0 aromatic carbocycles. The normalized spacial score (nSPS) is 18.2. The van der Waals surface area contributed by atoms with Crippen LogP contribution in [0.15, 0.2) is 0 Å². The SMILES string of the molecule is CC[C@H](C)[C@H](NC(=O)O)C(=O)NC1CN(C#N)C1. The number of carbonyl (C=O) groups is 2. The zero-order valence-corrected chi connectivity index (χ0v) is 10.5. The lowest BCUT2D eigenvalue weighted by Crippen LogP contribution is -2.61. The van der Waals surface area contributed by atoms with Crippen molar-refractivity contribution in [2.45, 2.75) is 32.4 Å². The highest BCUT2D eigenvalue weighted by atomic mass is 16.4. The van der Waals surface area contributed by atoms with E-state index in [-0.39, 0.29) is 17.9 Å². The van der Waals surface area contributed by atoms with Crippen LogP contribution >= 0.6 is 0 Å². The second-order valence-electron chi connectivity index (χ2n) is 4.52. The van der Waals surface area contributed by atoms with E-state index in [1.54, 1.807) is 0 Å². The Morgan fingerprint density at radius 2 is 2.17 bits per heavy atom. The first-order chi connectivity index (χ1) is 8.47. The predicted molar refractivity (Wildman–Crippen MR) is 63.5 cm³/mol. The minimum Gasteiger partial charge on any atom is -0.465 e. The Kier molecular flexibility index (Phi) is 4.77. The molecule has 0 aromatic heterocycles. The van der Waals surface area contributed by atoms with Gasteiger partial charge >= 0.3 is 6.09 Å². The van der Waals surface area contributed by atoms with E-state index in [9.17, 15) is 9.59 Å². The number of hydrogen-bond acceptors (Lipinski definition) is 4. The number of carbonyl (C=O) groups excluding carboxylic acids is 1. The van der Waals surface area contributed by atoms with Crippen molar-refractivity contribution in [3.63, 3.8) is 0 Å². The standard InChI is InChI=1S/C11H18N4O3/c1-3-7(2)9(14-11(17)18)10(16)13-8-4-15(5-8)6-12/h7-9,14H,3-5H2,1-2H3,(H,13,16)(H,17,18)/t7-,9-/m0/s1. The summed E-state index contributed by atoms with van der Waals surface area (Å²) in [6.07, 6.45) is 1.47. The van der Waals surface area contributed by atoms with Crippen molar-refractivity contribution in [1.82, 2.24) is 15.5 Å². The van der Waals surface area contributed by atoms with E-state index in [1.165, 1.54) is 4.90 Å². The highest BCUT2D eigenvalue weighted by Gasteiger charge is 2.32. The van der Waals surface area contributed by atoms with Crippen molar-refractivity contribution in [1.29, 1.82) is 5.26 Å². The second-order valence-corrected chi connectivity index (χ2v) is 4.52. The van der Waals surface area contributed by atoms with Gasteiger partial charge in [0, 0.05) is 0 Å². The van der Waals surface area contributed by atoms with Crippen molar-refractivity contribution in [3.8, 4) is 6.19 Å². The molecular formula is C11H18N4O3. The van der Waals surface area contributed by atoms with E-state index in [1.807, 2.05) is 20.0 Å². The monoisotopic (exact) mass is 254 g/mol. The summed E-state index contributed by atoms with van der Waals surface area (Å²) >= 11 is 0. The maximum atomic E-state index is 11.9. The van der Waals surface area contributed by atoms with Crippen LogP contribution in [0.4, 0.5) is 4.79 Å².